The number of aromatic amines is 1. The summed E-state index contributed by atoms with van der Waals surface area (Å²) in [6, 6.07) is 6.53. The third-order valence-electron chi connectivity index (χ3n) is 6.83. The van der Waals surface area contributed by atoms with E-state index in [1.165, 1.54) is 32.1 Å². The first-order chi connectivity index (χ1) is 15.3. The number of likely N-dealkylation sites (tertiary alicyclic amines) is 1. The second-order valence-corrected chi connectivity index (χ2v) is 8.62. The van der Waals surface area contributed by atoms with Crippen molar-refractivity contribution in [3.8, 4) is 11.3 Å². The molecule has 2 saturated heterocycles. The molecule has 6 heterocycles. The lowest BCUT2D eigenvalue weighted by Crippen LogP contribution is -2.44. The maximum Gasteiger partial charge on any atom is 0.165 e. The molecule has 6 rings (SSSR count). The Balaban J connectivity index is 1.41. The Hall–Kier alpha value is -3.06. The summed E-state index contributed by atoms with van der Waals surface area (Å²) in [7, 11) is 0. The highest BCUT2D eigenvalue weighted by molar-refractivity contribution is 6.12. The number of H-pyrrole nitrogens is 1. The molecule has 6 nitrogen and oxygen atoms in total. The minimum absolute atomic E-state index is 0.257. The first-order valence-corrected chi connectivity index (χ1v) is 11.1. The van der Waals surface area contributed by atoms with Crippen LogP contribution in [0.4, 0.5) is 10.1 Å². The van der Waals surface area contributed by atoms with Gasteiger partial charge in [0, 0.05) is 42.5 Å². The van der Waals surface area contributed by atoms with Crippen LogP contribution in [0.2, 0.25) is 0 Å². The molecule has 1 N–H and O–H groups in total. The molecule has 4 aromatic heterocycles. The molecule has 0 spiro atoms. The fourth-order valence-electron chi connectivity index (χ4n) is 5.26. The van der Waals surface area contributed by atoms with Gasteiger partial charge >= 0.3 is 0 Å². The van der Waals surface area contributed by atoms with Crippen molar-refractivity contribution >= 4 is 27.6 Å². The van der Waals surface area contributed by atoms with E-state index in [1.54, 1.807) is 18.6 Å². The lowest BCUT2D eigenvalue weighted by molar-refractivity contribution is 0.207. The Morgan fingerprint density at radius 2 is 1.84 bits per heavy atom. The number of fused-ring (bicyclic) bond motifs is 3. The number of piperidine rings is 1. The van der Waals surface area contributed by atoms with E-state index in [9.17, 15) is 0 Å². The minimum atomic E-state index is -0.257. The predicted octanol–water partition coefficient (Wildman–Crippen LogP) is 4.38. The second-order valence-electron chi connectivity index (χ2n) is 8.62. The normalized spacial score (nSPS) is 18.4. The Bertz CT molecular complexity index is 1220. The molecule has 7 heteroatoms. The molecule has 0 atom stereocenters. The Morgan fingerprint density at radius 1 is 1.00 bits per heavy atom. The van der Waals surface area contributed by atoms with E-state index in [1.807, 2.05) is 18.2 Å². The topological polar surface area (TPSA) is 60.9 Å². The summed E-state index contributed by atoms with van der Waals surface area (Å²) in [6.07, 6.45) is 11.5. The molecule has 0 bridgehead atoms. The molecular formula is C24H25FN6. The van der Waals surface area contributed by atoms with E-state index < -0.39 is 0 Å². The van der Waals surface area contributed by atoms with Gasteiger partial charge in [-0.25, -0.2) is 9.37 Å². The number of pyridine rings is 3. The third-order valence-corrected chi connectivity index (χ3v) is 6.83. The first kappa shape index (κ1) is 18.7. The molecule has 31 heavy (non-hydrogen) atoms. The maximum absolute atomic E-state index is 15.2. The van der Waals surface area contributed by atoms with Gasteiger partial charge < -0.3 is 14.8 Å². The number of nitrogens with zero attached hydrogens (tertiary/aromatic N) is 5. The predicted molar refractivity (Wildman–Crippen MR) is 121 cm³/mol. The zero-order valence-corrected chi connectivity index (χ0v) is 17.4. The molecule has 0 radical (unpaired) electrons. The largest absolute Gasteiger partial charge is 0.368 e. The molecule has 2 fully saturated rings. The fourth-order valence-corrected chi connectivity index (χ4v) is 5.26. The van der Waals surface area contributed by atoms with Crippen molar-refractivity contribution in [3.05, 3.63) is 48.8 Å². The van der Waals surface area contributed by atoms with Crippen molar-refractivity contribution in [1.29, 1.82) is 0 Å². The van der Waals surface area contributed by atoms with Gasteiger partial charge in [0.05, 0.1) is 34.7 Å². The molecular weight excluding hydrogens is 391 g/mol. The molecule has 0 aliphatic carbocycles. The van der Waals surface area contributed by atoms with Crippen molar-refractivity contribution < 1.29 is 4.39 Å². The van der Waals surface area contributed by atoms with Crippen molar-refractivity contribution in [3.63, 3.8) is 0 Å². The number of anilines is 1. The van der Waals surface area contributed by atoms with Crippen LogP contribution in [0.15, 0.2) is 43.0 Å². The average molecular weight is 417 g/mol. The van der Waals surface area contributed by atoms with Gasteiger partial charge in [0.15, 0.2) is 5.82 Å². The number of hydrogen-bond acceptors (Lipinski definition) is 5. The highest BCUT2D eigenvalue weighted by Crippen LogP contribution is 2.37. The summed E-state index contributed by atoms with van der Waals surface area (Å²) >= 11 is 0. The maximum atomic E-state index is 15.2. The second kappa shape index (κ2) is 7.57. The summed E-state index contributed by atoms with van der Waals surface area (Å²) in [5, 5.41) is 1.80. The standard InChI is InChI=1S/C24H25FN6/c25-19-14-28-24-22(23(19)31-10-5-17(6-11-31)30-8-1-2-9-30)18-12-20(27-15-21(18)29-24)16-4-3-7-26-13-16/h3-4,7,12-15,17H,1-2,5-6,8-11H2,(H,28,29). The van der Waals surface area contributed by atoms with Gasteiger partial charge in [-0.3, -0.25) is 9.97 Å². The molecule has 4 aromatic rings. The average Bonchev–Trinajstić information content (AvgIpc) is 3.48. The van der Waals surface area contributed by atoms with Crippen LogP contribution in [0.1, 0.15) is 25.7 Å². The Morgan fingerprint density at radius 3 is 2.61 bits per heavy atom. The van der Waals surface area contributed by atoms with Crippen molar-refractivity contribution in [1.82, 2.24) is 24.8 Å². The van der Waals surface area contributed by atoms with Gasteiger partial charge in [-0.05, 0) is 57.0 Å². The number of aromatic nitrogens is 4. The fraction of sp³-hybridized carbons (Fsp3) is 0.375. The van der Waals surface area contributed by atoms with Crippen molar-refractivity contribution in [2.45, 2.75) is 31.7 Å². The molecule has 0 unspecified atom stereocenters. The van der Waals surface area contributed by atoms with E-state index in [-0.39, 0.29) is 5.82 Å². The van der Waals surface area contributed by atoms with Crippen LogP contribution >= 0.6 is 0 Å². The van der Waals surface area contributed by atoms with Gasteiger partial charge in [0.1, 0.15) is 5.65 Å². The quantitative estimate of drug-likeness (QED) is 0.537. The number of rotatable bonds is 3. The van der Waals surface area contributed by atoms with E-state index in [0.717, 1.165) is 53.5 Å². The van der Waals surface area contributed by atoms with Crippen molar-refractivity contribution in [2.24, 2.45) is 0 Å². The first-order valence-electron chi connectivity index (χ1n) is 11.1. The monoisotopic (exact) mass is 416 g/mol. The van der Waals surface area contributed by atoms with Gasteiger partial charge in [-0.15, -0.1) is 0 Å². The van der Waals surface area contributed by atoms with E-state index in [2.05, 4.69) is 29.7 Å². The molecule has 2 aliphatic rings. The number of hydrogen-bond donors (Lipinski definition) is 1. The Labute approximate surface area is 180 Å². The van der Waals surface area contributed by atoms with Crippen LogP contribution in [0.5, 0.6) is 0 Å². The molecule has 0 saturated carbocycles. The zero-order valence-electron chi connectivity index (χ0n) is 17.4. The van der Waals surface area contributed by atoms with Crippen LogP contribution < -0.4 is 4.90 Å². The summed E-state index contributed by atoms with van der Waals surface area (Å²) in [4.78, 5) is 21.3. The van der Waals surface area contributed by atoms with Crippen LogP contribution in [0.25, 0.3) is 33.2 Å². The summed E-state index contributed by atoms with van der Waals surface area (Å²) in [5.41, 5.74) is 4.01. The Kier molecular flexibility index (Phi) is 4.56. The van der Waals surface area contributed by atoms with Crippen LogP contribution in [0, 0.1) is 5.82 Å². The van der Waals surface area contributed by atoms with E-state index in [4.69, 9.17) is 0 Å². The van der Waals surface area contributed by atoms with Gasteiger partial charge in [0.25, 0.3) is 0 Å². The summed E-state index contributed by atoms with van der Waals surface area (Å²) < 4.78 is 15.2. The molecule has 0 amide bonds. The highest BCUT2D eigenvalue weighted by Gasteiger charge is 2.29. The van der Waals surface area contributed by atoms with Gasteiger partial charge in [-0.1, -0.05) is 0 Å². The lowest BCUT2D eigenvalue weighted by atomic mass is 10.0. The van der Waals surface area contributed by atoms with Crippen molar-refractivity contribution in [2.75, 3.05) is 31.1 Å². The third kappa shape index (κ3) is 3.24. The summed E-state index contributed by atoms with van der Waals surface area (Å²) in [6.45, 7) is 4.16. The molecule has 158 valence electrons. The smallest absolute Gasteiger partial charge is 0.165 e. The van der Waals surface area contributed by atoms with E-state index >= 15 is 4.39 Å². The number of nitrogens with one attached hydrogen (secondary N) is 1. The van der Waals surface area contributed by atoms with Crippen LogP contribution in [-0.4, -0.2) is 57.1 Å². The lowest BCUT2D eigenvalue weighted by Gasteiger charge is -2.38. The number of halogens is 1. The van der Waals surface area contributed by atoms with Crippen LogP contribution in [0.3, 0.4) is 0 Å². The molecule has 0 aromatic carbocycles. The summed E-state index contributed by atoms with van der Waals surface area (Å²) in [5.74, 6) is -0.257. The van der Waals surface area contributed by atoms with Crippen LogP contribution in [-0.2, 0) is 0 Å². The zero-order chi connectivity index (χ0) is 20.8. The van der Waals surface area contributed by atoms with Gasteiger partial charge in [-0.2, -0.15) is 0 Å². The van der Waals surface area contributed by atoms with E-state index in [0.29, 0.717) is 17.4 Å². The molecule has 2 aliphatic heterocycles. The SMILES string of the molecule is Fc1cnc2[nH]c3cnc(-c4cccnc4)cc3c2c1N1CCC(N2CCCC2)CC1. The van der Waals surface area contributed by atoms with Gasteiger partial charge in [0.2, 0.25) is 0 Å². The highest BCUT2D eigenvalue weighted by atomic mass is 19.1. The minimum Gasteiger partial charge on any atom is -0.368 e.